The van der Waals surface area contributed by atoms with Gasteiger partial charge in [0, 0.05) is 13.1 Å². The molecule has 0 saturated carbocycles. The van der Waals surface area contributed by atoms with Crippen LogP contribution in [0.25, 0.3) is 0 Å². The SMILES string of the molecule is CSCC(=O)N1CC1. The fraction of sp³-hybridized carbons (Fsp3) is 0.800. The van der Waals surface area contributed by atoms with E-state index in [0.717, 1.165) is 13.1 Å². The van der Waals surface area contributed by atoms with Gasteiger partial charge in [-0.1, -0.05) is 0 Å². The number of nitrogens with zero attached hydrogens (tertiary/aromatic N) is 1. The maximum atomic E-state index is 10.7. The number of amides is 1. The molecule has 0 aromatic rings. The van der Waals surface area contributed by atoms with E-state index in [1.807, 2.05) is 11.2 Å². The highest BCUT2D eigenvalue weighted by atomic mass is 32.2. The van der Waals surface area contributed by atoms with E-state index in [-0.39, 0.29) is 5.91 Å². The van der Waals surface area contributed by atoms with Crippen LogP contribution in [0.2, 0.25) is 0 Å². The lowest BCUT2D eigenvalue weighted by Crippen LogP contribution is -2.11. The molecule has 46 valence electrons. The van der Waals surface area contributed by atoms with Gasteiger partial charge in [0.2, 0.25) is 5.91 Å². The maximum absolute atomic E-state index is 10.7. The van der Waals surface area contributed by atoms with E-state index in [2.05, 4.69) is 0 Å². The van der Waals surface area contributed by atoms with Gasteiger partial charge in [-0.2, -0.15) is 11.8 Å². The molecule has 8 heavy (non-hydrogen) atoms. The predicted octanol–water partition coefficient (Wildman–Crippen LogP) is 0.192. The van der Waals surface area contributed by atoms with E-state index in [4.69, 9.17) is 0 Å². The number of rotatable bonds is 2. The topological polar surface area (TPSA) is 20.1 Å². The van der Waals surface area contributed by atoms with Crippen LogP contribution >= 0.6 is 11.8 Å². The van der Waals surface area contributed by atoms with Crippen LogP contribution in [0.4, 0.5) is 0 Å². The van der Waals surface area contributed by atoms with Crippen LogP contribution in [-0.2, 0) is 4.79 Å². The van der Waals surface area contributed by atoms with E-state index in [1.54, 1.807) is 11.8 Å². The van der Waals surface area contributed by atoms with Crippen molar-refractivity contribution in [3.05, 3.63) is 0 Å². The molecular weight excluding hydrogens is 122 g/mol. The second-order valence-corrected chi connectivity index (χ2v) is 2.68. The van der Waals surface area contributed by atoms with Crippen molar-refractivity contribution in [1.29, 1.82) is 0 Å². The van der Waals surface area contributed by atoms with Gasteiger partial charge in [0.15, 0.2) is 0 Å². The summed E-state index contributed by atoms with van der Waals surface area (Å²) in [5.41, 5.74) is 0. The second-order valence-electron chi connectivity index (χ2n) is 1.81. The van der Waals surface area contributed by atoms with E-state index in [0.29, 0.717) is 5.75 Å². The zero-order chi connectivity index (χ0) is 5.98. The fourth-order valence-electron chi connectivity index (χ4n) is 0.514. The Labute approximate surface area is 53.2 Å². The molecule has 0 radical (unpaired) electrons. The van der Waals surface area contributed by atoms with Crippen LogP contribution in [0.3, 0.4) is 0 Å². The molecule has 1 fully saturated rings. The van der Waals surface area contributed by atoms with Gasteiger partial charge in [-0.25, -0.2) is 0 Å². The highest BCUT2D eigenvalue weighted by molar-refractivity contribution is 7.99. The molecule has 3 heteroatoms. The first-order chi connectivity index (χ1) is 3.84. The first-order valence-corrected chi connectivity index (χ1v) is 4.00. The van der Waals surface area contributed by atoms with Gasteiger partial charge in [-0.15, -0.1) is 0 Å². The minimum atomic E-state index is 0.289. The van der Waals surface area contributed by atoms with Gasteiger partial charge >= 0.3 is 0 Å². The molecule has 0 aromatic carbocycles. The number of hydrogen-bond acceptors (Lipinski definition) is 2. The zero-order valence-corrected chi connectivity index (χ0v) is 5.70. The molecule has 1 aliphatic heterocycles. The summed E-state index contributed by atoms with van der Waals surface area (Å²) in [6.45, 7) is 1.97. The first kappa shape index (κ1) is 5.95. The van der Waals surface area contributed by atoms with Crippen LogP contribution in [0.15, 0.2) is 0 Å². The average Bonchev–Trinajstić information content (AvgIpc) is 2.45. The van der Waals surface area contributed by atoms with Crippen molar-refractivity contribution in [1.82, 2.24) is 4.90 Å². The van der Waals surface area contributed by atoms with Crippen molar-refractivity contribution in [2.24, 2.45) is 0 Å². The van der Waals surface area contributed by atoms with E-state index in [9.17, 15) is 4.79 Å². The van der Waals surface area contributed by atoms with Gasteiger partial charge < -0.3 is 4.90 Å². The minimum Gasteiger partial charge on any atom is -0.338 e. The highest BCUT2D eigenvalue weighted by Crippen LogP contribution is 2.06. The number of carbonyl (C=O) groups is 1. The quantitative estimate of drug-likeness (QED) is 0.499. The molecule has 0 N–H and O–H groups in total. The summed E-state index contributed by atoms with van der Waals surface area (Å²) >= 11 is 1.59. The summed E-state index contributed by atoms with van der Waals surface area (Å²) in [7, 11) is 0. The third-order valence-corrected chi connectivity index (χ3v) is 1.60. The van der Waals surface area contributed by atoms with Crippen molar-refractivity contribution in [3.8, 4) is 0 Å². The van der Waals surface area contributed by atoms with Crippen LogP contribution in [0.5, 0.6) is 0 Å². The first-order valence-electron chi connectivity index (χ1n) is 2.61. The Morgan fingerprint density at radius 1 is 1.75 bits per heavy atom. The van der Waals surface area contributed by atoms with Gasteiger partial charge in [-0.05, 0) is 6.26 Å². The third-order valence-electron chi connectivity index (χ3n) is 1.07. The Kier molecular flexibility index (Phi) is 1.78. The molecule has 0 spiro atoms. The van der Waals surface area contributed by atoms with Crippen molar-refractivity contribution < 1.29 is 4.79 Å². The average molecular weight is 131 g/mol. The molecule has 0 unspecified atom stereocenters. The summed E-state index contributed by atoms with van der Waals surface area (Å²) < 4.78 is 0. The van der Waals surface area contributed by atoms with E-state index >= 15 is 0 Å². The Morgan fingerprint density at radius 3 is 2.75 bits per heavy atom. The lowest BCUT2D eigenvalue weighted by Gasteiger charge is -1.94. The second kappa shape index (κ2) is 2.40. The molecular formula is C5H9NOS. The van der Waals surface area contributed by atoms with Crippen molar-refractivity contribution >= 4 is 17.7 Å². The molecule has 1 saturated heterocycles. The Balaban J connectivity index is 2.13. The van der Waals surface area contributed by atoms with Crippen LogP contribution < -0.4 is 0 Å². The summed E-state index contributed by atoms with van der Waals surface area (Å²) in [4.78, 5) is 12.6. The van der Waals surface area contributed by atoms with E-state index in [1.165, 1.54) is 0 Å². The zero-order valence-electron chi connectivity index (χ0n) is 4.89. The minimum absolute atomic E-state index is 0.289. The number of hydrogen-bond donors (Lipinski definition) is 0. The van der Waals surface area contributed by atoms with Gasteiger partial charge in [0.05, 0.1) is 5.75 Å². The Morgan fingerprint density at radius 2 is 2.38 bits per heavy atom. The normalized spacial score (nSPS) is 16.4. The van der Waals surface area contributed by atoms with Gasteiger partial charge in [-0.3, -0.25) is 4.79 Å². The predicted molar refractivity (Wildman–Crippen MR) is 35.0 cm³/mol. The molecule has 2 nitrogen and oxygen atoms in total. The lowest BCUT2D eigenvalue weighted by atomic mass is 10.7. The molecule has 1 heterocycles. The van der Waals surface area contributed by atoms with Crippen molar-refractivity contribution in [3.63, 3.8) is 0 Å². The fourth-order valence-corrected chi connectivity index (χ4v) is 0.944. The highest BCUT2D eigenvalue weighted by Gasteiger charge is 2.22. The van der Waals surface area contributed by atoms with Gasteiger partial charge in [0.25, 0.3) is 0 Å². The van der Waals surface area contributed by atoms with Gasteiger partial charge in [0.1, 0.15) is 0 Å². The molecule has 0 bridgehead atoms. The van der Waals surface area contributed by atoms with Crippen molar-refractivity contribution in [2.75, 3.05) is 25.1 Å². The van der Waals surface area contributed by atoms with Crippen molar-refractivity contribution in [2.45, 2.75) is 0 Å². The number of thioether (sulfide) groups is 1. The monoisotopic (exact) mass is 131 g/mol. The number of carbonyl (C=O) groups excluding carboxylic acids is 1. The molecule has 0 aliphatic carbocycles. The maximum Gasteiger partial charge on any atom is 0.232 e. The smallest absolute Gasteiger partial charge is 0.232 e. The largest absolute Gasteiger partial charge is 0.338 e. The Hall–Kier alpha value is -0.180. The molecule has 1 aliphatic rings. The van der Waals surface area contributed by atoms with E-state index < -0.39 is 0 Å². The van der Waals surface area contributed by atoms with Crippen LogP contribution in [0.1, 0.15) is 0 Å². The van der Waals surface area contributed by atoms with Crippen LogP contribution in [-0.4, -0.2) is 35.9 Å². The Bertz CT molecular complexity index is 101. The van der Waals surface area contributed by atoms with Crippen LogP contribution in [0, 0.1) is 0 Å². The summed E-state index contributed by atoms with van der Waals surface area (Å²) in [5, 5.41) is 0. The summed E-state index contributed by atoms with van der Waals surface area (Å²) in [6.07, 6.45) is 1.95. The molecule has 1 amide bonds. The third kappa shape index (κ3) is 1.40. The lowest BCUT2D eigenvalue weighted by molar-refractivity contribution is -0.123. The summed E-state index contributed by atoms with van der Waals surface area (Å²) in [5.74, 6) is 0.942. The summed E-state index contributed by atoms with van der Waals surface area (Å²) in [6, 6.07) is 0. The molecule has 0 aromatic heterocycles. The molecule has 0 atom stereocenters. The standard InChI is InChI=1S/C5H9NOS/c1-8-4-5(7)6-2-3-6/h2-4H2,1H3. The molecule has 1 rings (SSSR count).